The van der Waals surface area contributed by atoms with E-state index >= 15 is 0 Å². The second-order valence-electron chi connectivity index (χ2n) is 6.66. The van der Waals surface area contributed by atoms with Crippen molar-refractivity contribution in [1.82, 2.24) is 15.5 Å². The molecule has 5 nitrogen and oxygen atoms in total. The Morgan fingerprint density at radius 1 is 1.08 bits per heavy atom. The summed E-state index contributed by atoms with van der Waals surface area (Å²) in [5.41, 5.74) is 1.22. The van der Waals surface area contributed by atoms with E-state index in [9.17, 15) is 9.59 Å². The molecule has 2 aliphatic rings. The van der Waals surface area contributed by atoms with Gasteiger partial charge >= 0.3 is 0 Å². The quantitative estimate of drug-likeness (QED) is 0.802. The smallest absolute Gasteiger partial charge is 0.226 e. The average molecular weight is 327 g/mol. The highest BCUT2D eigenvalue weighted by Gasteiger charge is 2.38. The van der Waals surface area contributed by atoms with Crippen LogP contribution >= 0.6 is 0 Å². The van der Waals surface area contributed by atoms with Crippen molar-refractivity contribution in [3.05, 3.63) is 48.0 Å². The molecule has 1 fully saturated rings. The Kier molecular flexibility index (Phi) is 5.30. The van der Waals surface area contributed by atoms with Crippen LogP contribution in [0.5, 0.6) is 0 Å². The van der Waals surface area contributed by atoms with Gasteiger partial charge in [0, 0.05) is 32.6 Å². The predicted molar refractivity (Wildman–Crippen MR) is 93.1 cm³/mol. The van der Waals surface area contributed by atoms with Crippen molar-refractivity contribution in [1.29, 1.82) is 0 Å². The van der Waals surface area contributed by atoms with E-state index in [0.29, 0.717) is 13.1 Å². The molecule has 1 heterocycles. The van der Waals surface area contributed by atoms with E-state index in [2.05, 4.69) is 39.8 Å². The maximum absolute atomic E-state index is 12.4. The van der Waals surface area contributed by atoms with Gasteiger partial charge in [-0.05, 0) is 18.4 Å². The monoisotopic (exact) mass is 327 g/mol. The van der Waals surface area contributed by atoms with Crippen molar-refractivity contribution in [3.63, 3.8) is 0 Å². The molecule has 0 bridgehead atoms. The fraction of sp³-hybridized carbons (Fsp3) is 0.474. The third-order valence-electron chi connectivity index (χ3n) is 4.93. The van der Waals surface area contributed by atoms with Gasteiger partial charge in [0.15, 0.2) is 0 Å². The number of allylic oxidation sites excluding steroid dienone is 2. The summed E-state index contributed by atoms with van der Waals surface area (Å²) in [6.07, 6.45) is 5.71. The van der Waals surface area contributed by atoms with Gasteiger partial charge in [-0.3, -0.25) is 14.5 Å². The molecule has 2 amide bonds. The molecule has 2 atom stereocenters. The third-order valence-corrected chi connectivity index (χ3v) is 4.93. The van der Waals surface area contributed by atoms with Crippen molar-refractivity contribution >= 4 is 11.8 Å². The third kappa shape index (κ3) is 3.85. The Morgan fingerprint density at radius 3 is 2.46 bits per heavy atom. The predicted octanol–water partition coefficient (Wildman–Crippen LogP) is 1.32. The van der Waals surface area contributed by atoms with E-state index in [1.165, 1.54) is 5.56 Å². The zero-order valence-electron chi connectivity index (χ0n) is 14.1. The van der Waals surface area contributed by atoms with Crippen LogP contribution < -0.4 is 10.6 Å². The Bertz CT molecular complexity index is 606. The number of nitrogens with one attached hydrogen (secondary N) is 2. The van der Waals surface area contributed by atoms with Crippen LogP contribution in [0.4, 0.5) is 0 Å². The summed E-state index contributed by atoms with van der Waals surface area (Å²) in [4.78, 5) is 26.9. The van der Waals surface area contributed by atoms with Crippen LogP contribution in [0.25, 0.3) is 0 Å². The molecule has 2 N–H and O–H groups in total. The minimum Gasteiger partial charge on any atom is -0.359 e. The molecule has 1 aromatic rings. The van der Waals surface area contributed by atoms with Crippen LogP contribution in [0.15, 0.2) is 42.5 Å². The van der Waals surface area contributed by atoms with Gasteiger partial charge in [-0.2, -0.15) is 0 Å². The van der Waals surface area contributed by atoms with Crippen molar-refractivity contribution in [2.75, 3.05) is 20.1 Å². The lowest BCUT2D eigenvalue weighted by molar-refractivity contribution is -0.127. The fourth-order valence-electron chi connectivity index (χ4n) is 3.59. The first-order valence-corrected chi connectivity index (χ1v) is 8.60. The van der Waals surface area contributed by atoms with Crippen LogP contribution in [-0.4, -0.2) is 42.9 Å². The lowest BCUT2D eigenvalue weighted by atomic mass is 10.0. The molecule has 0 aromatic heterocycles. The summed E-state index contributed by atoms with van der Waals surface area (Å²) in [5.74, 6) is -0.101. The molecule has 1 saturated heterocycles. The molecular formula is C19H25N3O2. The van der Waals surface area contributed by atoms with Gasteiger partial charge in [-0.25, -0.2) is 0 Å². The van der Waals surface area contributed by atoms with E-state index in [4.69, 9.17) is 0 Å². The van der Waals surface area contributed by atoms with E-state index in [1.807, 2.05) is 18.2 Å². The summed E-state index contributed by atoms with van der Waals surface area (Å²) in [6.45, 7) is 2.17. The number of rotatable bonds is 5. The Balaban J connectivity index is 1.64. The molecule has 128 valence electrons. The number of amides is 2. The SMILES string of the molecule is CNC(=O)[C@H]1CN(Cc2ccccc2)C[C@@H]1NC(=O)C1CC=CC1. The number of likely N-dealkylation sites (tertiary alicyclic amines) is 1. The summed E-state index contributed by atoms with van der Waals surface area (Å²) < 4.78 is 0. The number of hydrogen-bond donors (Lipinski definition) is 2. The molecule has 24 heavy (non-hydrogen) atoms. The Hall–Kier alpha value is -2.14. The highest BCUT2D eigenvalue weighted by Crippen LogP contribution is 2.22. The van der Waals surface area contributed by atoms with Crippen LogP contribution in [0, 0.1) is 11.8 Å². The van der Waals surface area contributed by atoms with Gasteiger partial charge in [-0.15, -0.1) is 0 Å². The zero-order valence-corrected chi connectivity index (χ0v) is 14.1. The molecule has 1 aromatic carbocycles. The standard InChI is InChI=1S/C19H25N3O2/c1-20-19(24)16-12-22(11-14-7-3-2-4-8-14)13-17(16)21-18(23)15-9-5-6-10-15/h2-8,15-17H,9-13H2,1H3,(H,20,24)(H,21,23)/t16-,17-/m0/s1. The number of carbonyl (C=O) groups excluding carboxylic acids is 2. The van der Waals surface area contributed by atoms with Crippen molar-refractivity contribution < 1.29 is 9.59 Å². The molecule has 1 aliphatic heterocycles. The van der Waals surface area contributed by atoms with Gasteiger partial charge in [0.05, 0.1) is 12.0 Å². The lowest BCUT2D eigenvalue weighted by Crippen LogP contribution is -2.47. The number of nitrogens with zero attached hydrogens (tertiary/aromatic N) is 1. The van der Waals surface area contributed by atoms with Gasteiger partial charge in [0.2, 0.25) is 11.8 Å². The number of carbonyl (C=O) groups is 2. The second kappa shape index (κ2) is 7.62. The summed E-state index contributed by atoms with van der Waals surface area (Å²) in [7, 11) is 1.65. The van der Waals surface area contributed by atoms with Gasteiger partial charge in [0.25, 0.3) is 0 Å². The molecule has 0 saturated carbocycles. The van der Waals surface area contributed by atoms with E-state index in [-0.39, 0.29) is 29.7 Å². The van der Waals surface area contributed by atoms with Crippen LogP contribution in [-0.2, 0) is 16.1 Å². The summed E-state index contributed by atoms with van der Waals surface area (Å²) >= 11 is 0. The molecule has 5 heteroatoms. The zero-order chi connectivity index (χ0) is 16.9. The van der Waals surface area contributed by atoms with Crippen LogP contribution in [0.3, 0.4) is 0 Å². The van der Waals surface area contributed by atoms with Gasteiger partial charge in [-0.1, -0.05) is 42.5 Å². The van der Waals surface area contributed by atoms with E-state index in [0.717, 1.165) is 19.4 Å². The topological polar surface area (TPSA) is 61.4 Å². The molecule has 0 radical (unpaired) electrons. The van der Waals surface area contributed by atoms with Crippen molar-refractivity contribution in [3.8, 4) is 0 Å². The minimum absolute atomic E-state index is 0.000378. The molecule has 1 aliphatic carbocycles. The minimum atomic E-state index is -0.197. The normalized spacial score (nSPS) is 24.2. The van der Waals surface area contributed by atoms with Gasteiger partial charge in [0.1, 0.15) is 0 Å². The summed E-state index contributed by atoms with van der Waals surface area (Å²) in [6, 6.07) is 10.1. The first kappa shape index (κ1) is 16.7. The second-order valence-corrected chi connectivity index (χ2v) is 6.66. The maximum atomic E-state index is 12.4. The van der Waals surface area contributed by atoms with E-state index < -0.39 is 0 Å². The van der Waals surface area contributed by atoms with E-state index in [1.54, 1.807) is 7.05 Å². The molecule has 0 unspecified atom stereocenters. The number of benzene rings is 1. The van der Waals surface area contributed by atoms with Crippen LogP contribution in [0.1, 0.15) is 18.4 Å². The maximum Gasteiger partial charge on any atom is 0.226 e. The van der Waals surface area contributed by atoms with Gasteiger partial charge < -0.3 is 10.6 Å². The first-order chi connectivity index (χ1) is 11.7. The first-order valence-electron chi connectivity index (χ1n) is 8.60. The summed E-state index contributed by atoms with van der Waals surface area (Å²) in [5, 5.41) is 5.86. The molecule has 0 spiro atoms. The largest absolute Gasteiger partial charge is 0.359 e. The highest BCUT2D eigenvalue weighted by molar-refractivity contribution is 5.83. The lowest BCUT2D eigenvalue weighted by Gasteiger charge is -2.20. The Labute approximate surface area is 143 Å². The van der Waals surface area contributed by atoms with Crippen molar-refractivity contribution in [2.45, 2.75) is 25.4 Å². The highest BCUT2D eigenvalue weighted by atomic mass is 16.2. The average Bonchev–Trinajstić information content (AvgIpc) is 3.25. The van der Waals surface area contributed by atoms with Crippen LogP contribution in [0.2, 0.25) is 0 Å². The van der Waals surface area contributed by atoms with Crippen molar-refractivity contribution in [2.24, 2.45) is 11.8 Å². The fourth-order valence-corrected chi connectivity index (χ4v) is 3.59. The molecular weight excluding hydrogens is 302 g/mol. The molecule has 3 rings (SSSR count). The Morgan fingerprint density at radius 2 is 1.79 bits per heavy atom. The number of hydrogen-bond acceptors (Lipinski definition) is 3.